The highest BCUT2D eigenvalue weighted by Crippen LogP contribution is 1.75. The molecular weight excluding hydrogens is 108 g/mol. The minimum Gasteiger partial charge on any atom is -0.597 e. The highest BCUT2D eigenvalue weighted by atomic mass is 16.7. The van der Waals surface area contributed by atoms with Crippen molar-refractivity contribution in [2.24, 2.45) is 5.28 Å². The summed E-state index contributed by atoms with van der Waals surface area (Å²) in [6, 6.07) is 0. The smallest absolute Gasteiger partial charge is 0.202 e. The van der Waals surface area contributed by atoms with Crippen molar-refractivity contribution in [1.82, 2.24) is 0 Å². The first kappa shape index (κ1) is 6.94. The second-order valence-corrected chi connectivity index (χ2v) is 1.09. The zero-order chi connectivity index (χ0) is 6.41. The Morgan fingerprint density at radius 3 is 3.00 bits per heavy atom. The van der Waals surface area contributed by atoms with Crippen LogP contribution in [0.25, 0.3) is 0 Å². The van der Waals surface area contributed by atoms with E-state index in [1.807, 2.05) is 0 Å². The lowest BCUT2D eigenvalue weighted by atomic mass is 10.7. The van der Waals surface area contributed by atoms with Crippen molar-refractivity contribution in [3.05, 3.63) is 17.9 Å². The Morgan fingerprint density at radius 2 is 2.62 bits per heavy atom. The number of hydroxylamine groups is 1. The molecule has 0 atom stereocenters. The van der Waals surface area contributed by atoms with E-state index in [0.717, 1.165) is 0 Å². The standard InChI is InChI=1S/C4H8N2O2/c1-3-4-6(7)5-8-2/h3H,1,4H2,2H3/b6-5-. The van der Waals surface area contributed by atoms with Crippen molar-refractivity contribution in [2.75, 3.05) is 13.7 Å². The summed E-state index contributed by atoms with van der Waals surface area (Å²) in [5, 5.41) is 13.2. The van der Waals surface area contributed by atoms with Crippen LogP contribution in [0.15, 0.2) is 17.9 Å². The monoisotopic (exact) mass is 116 g/mol. The van der Waals surface area contributed by atoms with Crippen LogP contribution < -0.4 is 0 Å². The summed E-state index contributed by atoms with van der Waals surface area (Å²) in [6.45, 7) is 3.49. The molecule has 0 amide bonds. The third-order valence-corrected chi connectivity index (χ3v) is 0.458. The summed E-state index contributed by atoms with van der Waals surface area (Å²) in [7, 11) is 1.31. The van der Waals surface area contributed by atoms with Crippen LogP contribution in [0.3, 0.4) is 0 Å². The Hall–Kier alpha value is -1.06. The molecule has 46 valence electrons. The van der Waals surface area contributed by atoms with E-state index >= 15 is 0 Å². The van der Waals surface area contributed by atoms with Crippen LogP contribution in [0.4, 0.5) is 0 Å². The van der Waals surface area contributed by atoms with Crippen molar-refractivity contribution < 1.29 is 9.70 Å². The van der Waals surface area contributed by atoms with E-state index < -0.39 is 0 Å². The second-order valence-electron chi connectivity index (χ2n) is 1.09. The van der Waals surface area contributed by atoms with E-state index in [9.17, 15) is 5.21 Å². The summed E-state index contributed by atoms with van der Waals surface area (Å²) >= 11 is 0. The summed E-state index contributed by atoms with van der Waals surface area (Å²) in [5.74, 6) is 0. The van der Waals surface area contributed by atoms with Gasteiger partial charge >= 0.3 is 0 Å². The van der Waals surface area contributed by atoms with Gasteiger partial charge in [-0.15, -0.1) is 0 Å². The highest BCUT2D eigenvalue weighted by Gasteiger charge is 1.84. The Morgan fingerprint density at radius 1 is 2.00 bits per heavy atom. The van der Waals surface area contributed by atoms with Crippen molar-refractivity contribution in [3.63, 3.8) is 0 Å². The predicted molar refractivity (Wildman–Crippen MR) is 28.1 cm³/mol. The summed E-state index contributed by atoms with van der Waals surface area (Å²) in [5.41, 5.74) is 0. The molecule has 0 spiro atoms. The normalized spacial score (nSPS) is 10.9. The number of nitrogens with zero attached hydrogens (tertiary/aromatic N) is 2. The van der Waals surface area contributed by atoms with E-state index in [1.165, 1.54) is 13.2 Å². The zero-order valence-electron chi connectivity index (χ0n) is 4.70. The molecule has 0 saturated heterocycles. The topological polar surface area (TPSA) is 47.7 Å². The first-order valence-corrected chi connectivity index (χ1v) is 2.11. The lowest BCUT2D eigenvalue weighted by molar-refractivity contribution is -0.547. The molecule has 4 heteroatoms. The molecule has 0 radical (unpaired) electrons. The molecule has 0 heterocycles. The molecule has 0 aromatic heterocycles. The predicted octanol–water partition coefficient (Wildman–Crippen LogP) is 0.696. The van der Waals surface area contributed by atoms with Gasteiger partial charge in [-0.3, -0.25) is 0 Å². The number of hydrogen-bond donors (Lipinski definition) is 0. The third kappa shape index (κ3) is 3.14. The quantitative estimate of drug-likeness (QED) is 0.236. The molecule has 8 heavy (non-hydrogen) atoms. The Kier molecular flexibility index (Phi) is 3.56. The van der Waals surface area contributed by atoms with E-state index in [-0.39, 0.29) is 6.54 Å². The van der Waals surface area contributed by atoms with E-state index in [2.05, 4.69) is 16.7 Å². The Labute approximate surface area is 47.6 Å². The molecule has 0 saturated carbocycles. The fraction of sp³-hybridized carbons (Fsp3) is 0.500. The van der Waals surface area contributed by atoms with Crippen molar-refractivity contribution in [1.29, 1.82) is 0 Å². The number of rotatable bonds is 3. The highest BCUT2D eigenvalue weighted by molar-refractivity contribution is 4.61. The maximum absolute atomic E-state index is 10.2. The largest absolute Gasteiger partial charge is 0.597 e. The molecule has 0 bridgehead atoms. The summed E-state index contributed by atoms with van der Waals surface area (Å²) < 4.78 is 0. The fourth-order valence-electron chi connectivity index (χ4n) is 0.235. The Balaban J connectivity index is 3.44. The van der Waals surface area contributed by atoms with E-state index in [4.69, 9.17) is 0 Å². The Bertz CT molecular complexity index is 100. The van der Waals surface area contributed by atoms with Crippen LogP contribution in [-0.2, 0) is 4.84 Å². The van der Waals surface area contributed by atoms with E-state index in [1.54, 1.807) is 0 Å². The van der Waals surface area contributed by atoms with Gasteiger partial charge in [0.2, 0.25) is 6.54 Å². The second kappa shape index (κ2) is 4.11. The first-order chi connectivity index (χ1) is 3.81. The summed E-state index contributed by atoms with van der Waals surface area (Å²) in [6.07, 6.45) is 1.44. The van der Waals surface area contributed by atoms with Crippen LogP contribution >= 0.6 is 0 Å². The van der Waals surface area contributed by atoms with Gasteiger partial charge in [-0.25, -0.2) is 0 Å². The summed E-state index contributed by atoms with van der Waals surface area (Å²) in [4.78, 5) is 4.54. The van der Waals surface area contributed by atoms with E-state index in [0.29, 0.717) is 4.86 Å². The molecular formula is C4H8N2O2. The van der Waals surface area contributed by atoms with Crippen molar-refractivity contribution in [2.45, 2.75) is 0 Å². The average molecular weight is 116 g/mol. The van der Waals surface area contributed by atoms with Gasteiger partial charge in [0.25, 0.3) is 0 Å². The van der Waals surface area contributed by atoms with Gasteiger partial charge < -0.3 is 10.0 Å². The SMILES string of the molecule is C=CC/[N+]([O-])=N/OC. The molecule has 0 unspecified atom stereocenters. The fourth-order valence-corrected chi connectivity index (χ4v) is 0.235. The molecule has 0 fully saturated rings. The van der Waals surface area contributed by atoms with Gasteiger partial charge in [-0.2, -0.15) is 0 Å². The molecule has 0 aliphatic carbocycles. The maximum atomic E-state index is 10.2. The maximum Gasteiger partial charge on any atom is 0.202 e. The van der Waals surface area contributed by atoms with Crippen LogP contribution in [0, 0.1) is 5.21 Å². The zero-order valence-corrected chi connectivity index (χ0v) is 4.70. The minimum atomic E-state index is 0.161. The van der Waals surface area contributed by atoms with Gasteiger partial charge in [0.05, 0.1) is 0 Å². The van der Waals surface area contributed by atoms with Gasteiger partial charge in [-0.05, 0) is 6.08 Å². The number of hydrogen-bond acceptors (Lipinski definition) is 3. The van der Waals surface area contributed by atoms with Crippen LogP contribution in [0.1, 0.15) is 0 Å². The molecule has 0 N–H and O–H groups in total. The molecule has 0 aromatic carbocycles. The third-order valence-electron chi connectivity index (χ3n) is 0.458. The first-order valence-electron chi connectivity index (χ1n) is 2.11. The van der Waals surface area contributed by atoms with Crippen LogP contribution in [0.2, 0.25) is 0 Å². The van der Waals surface area contributed by atoms with Gasteiger partial charge in [0, 0.05) is 0 Å². The molecule has 0 rings (SSSR count). The lowest BCUT2D eigenvalue weighted by Gasteiger charge is -1.91. The van der Waals surface area contributed by atoms with Crippen LogP contribution in [-0.4, -0.2) is 18.5 Å². The minimum absolute atomic E-state index is 0.161. The van der Waals surface area contributed by atoms with Crippen molar-refractivity contribution >= 4 is 0 Å². The van der Waals surface area contributed by atoms with Gasteiger partial charge in [0.15, 0.2) is 5.28 Å². The van der Waals surface area contributed by atoms with Crippen LogP contribution in [0.5, 0.6) is 0 Å². The molecule has 0 aliphatic heterocycles. The molecule has 0 aliphatic rings. The van der Waals surface area contributed by atoms with Gasteiger partial charge in [0.1, 0.15) is 7.11 Å². The lowest BCUT2D eigenvalue weighted by Crippen LogP contribution is -1.98. The molecule has 4 nitrogen and oxygen atoms in total. The van der Waals surface area contributed by atoms with Crippen molar-refractivity contribution in [3.8, 4) is 0 Å². The molecule has 0 aromatic rings. The van der Waals surface area contributed by atoms with Gasteiger partial charge in [-0.1, -0.05) is 11.4 Å². The average Bonchev–Trinajstić information content (AvgIpc) is 1.68.